The molecule has 5 nitrogen and oxygen atoms in total. The number of nitrogens with one attached hydrogen (secondary N) is 2. The molecule has 2 N–H and O–H groups in total. The summed E-state index contributed by atoms with van der Waals surface area (Å²) in [4.78, 5) is 19.5. The van der Waals surface area contributed by atoms with Gasteiger partial charge in [-0.25, -0.2) is 4.98 Å². The van der Waals surface area contributed by atoms with E-state index in [1.807, 2.05) is 18.2 Å². The number of anilines is 1. The lowest BCUT2D eigenvalue weighted by atomic mass is 10.2. The van der Waals surface area contributed by atoms with Crippen LogP contribution in [0.3, 0.4) is 0 Å². The minimum absolute atomic E-state index is 0.122. The van der Waals surface area contributed by atoms with Gasteiger partial charge in [-0.2, -0.15) is 0 Å². The lowest BCUT2D eigenvalue weighted by molar-refractivity contribution is -0.114. The van der Waals surface area contributed by atoms with Gasteiger partial charge in [-0.15, -0.1) is 0 Å². The number of amides is 1. The SMILES string of the molecule is CC(=O)Nc1ccc(CNC(C)c2cc(Br)ccn2)cn1. The predicted octanol–water partition coefficient (Wildman–Crippen LogP) is 3.05. The maximum absolute atomic E-state index is 10.9. The van der Waals surface area contributed by atoms with Crippen molar-refractivity contribution >= 4 is 27.7 Å². The number of pyridine rings is 2. The van der Waals surface area contributed by atoms with E-state index in [4.69, 9.17) is 0 Å². The van der Waals surface area contributed by atoms with Crippen molar-refractivity contribution in [2.24, 2.45) is 0 Å². The summed E-state index contributed by atoms with van der Waals surface area (Å²) >= 11 is 3.44. The van der Waals surface area contributed by atoms with Crippen LogP contribution in [-0.4, -0.2) is 15.9 Å². The highest BCUT2D eigenvalue weighted by Crippen LogP contribution is 2.15. The second-order valence-electron chi connectivity index (χ2n) is 4.73. The average Bonchev–Trinajstić information content (AvgIpc) is 2.45. The lowest BCUT2D eigenvalue weighted by Crippen LogP contribution is -2.19. The molecule has 0 aliphatic carbocycles. The Hall–Kier alpha value is -1.79. The molecule has 0 aromatic carbocycles. The van der Waals surface area contributed by atoms with E-state index in [9.17, 15) is 4.79 Å². The van der Waals surface area contributed by atoms with E-state index < -0.39 is 0 Å². The third-order valence-electron chi connectivity index (χ3n) is 2.93. The van der Waals surface area contributed by atoms with Crippen molar-refractivity contribution in [2.75, 3.05) is 5.32 Å². The highest BCUT2D eigenvalue weighted by molar-refractivity contribution is 9.10. The normalized spacial score (nSPS) is 12.0. The van der Waals surface area contributed by atoms with Gasteiger partial charge in [0.1, 0.15) is 5.82 Å². The van der Waals surface area contributed by atoms with E-state index >= 15 is 0 Å². The van der Waals surface area contributed by atoms with E-state index in [1.54, 1.807) is 18.5 Å². The van der Waals surface area contributed by atoms with Gasteiger partial charge in [0.2, 0.25) is 5.91 Å². The molecule has 0 saturated carbocycles. The van der Waals surface area contributed by atoms with E-state index in [1.165, 1.54) is 6.92 Å². The summed E-state index contributed by atoms with van der Waals surface area (Å²) in [5.41, 5.74) is 2.03. The fraction of sp³-hybridized carbons (Fsp3) is 0.267. The molecule has 0 fully saturated rings. The summed E-state index contributed by atoms with van der Waals surface area (Å²) < 4.78 is 1.02. The Balaban J connectivity index is 1.92. The van der Waals surface area contributed by atoms with Crippen LogP contribution >= 0.6 is 15.9 Å². The second kappa shape index (κ2) is 7.28. The number of nitrogens with zero attached hydrogens (tertiary/aromatic N) is 2. The molecule has 6 heteroatoms. The van der Waals surface area contributed by atoms with Crippen LogP contribution < -0.4 is 10.6 Å². The molecule has 0 aliphatic rings. The summed E-state index contributed by atoms with van der Waals surface area (Å²) in [6.07, 6.45) is 3.53. The molecule has 2 aromatic rings. The zero-order valence-corrected chi connectivity index (χ0v) is 13.5. The number of hydrogen-bond donors (Lipinski definition) is 2. The number of carbonyl (C=O) groups is 1. The topological polar surface area (TPSA) is 66.9 Å². The molecule has 2 aromatic heterocycles. The van der Waals surface area contributed by atoms with Crippen molar-refractivity contribution in [1.29, 1.82) is 0 Å². The van der Waals surface area contributed by atoms with Crippen molar-refractivity contribution in [3.05, 3.63) is 52.4 Å². The Morgan fingerprint density at radius 3 is 2.76 bits per heavy atom. The van der Waals surface area contributed by atoms with Crippen LogP contribution in [0.1, 0.15) is 31.1 Å². The maximum Gasteiger partial charge on any atom is 0.222 e. The summed E-state index contributed by atoms with van der Waals surface area (Å²) in [5.74, 6) is 0.440. The summed E-state index contributed by atoms with van der Waals surface area (Å²) in [5, 5.41) is 6.04. The zero-order valence-electron chi connectivity index (χ0n) is 11.9. The molecule has 1 unspecified atom stereocenters. The molecule has 21 heavy (non-hydrogen) atoms. The van der Waals surface area contributed by atoms with E-state index in [0.29, 0.717) is 12.4 Å². The summed E-state index contributed by atoms with van der Waals surface area (Å²) in [7, 11) is 0. The number of rotatable bonds is 5. The Morgan fingerprint density at radius 1 is 1.33 bits per heavy atom. The third kappa shape index (κ3) is 4.91. The van der Waals surface area contributed by atoms with Crippen molar-refractivity contribution < 1.29 is 4.79 Å². The van der Waals surface area contributed by atoms with Gasteiger partial charge < -0.3 is 10.6 Å². The van der Waals surface area contributed by atoms with Gasteiger partial charge >= 0.3 is 0 Å². The molecule has 0 bridgehead atoms. The number of carbonyl (C=O) groups excluding carboxylic acids is 1. The highest BCUT2D eigenvalue weighted by Gasteiger charge is 2.07. The van der Waals surface area contributed by atoms with Gasteiger partial charge in [0.15, 0.2) is 0 Å². The molecule has 2 heterocycles. The van der Waals surface area contributed by atoms with Gasteiger partial charge in [-0.3, -0.25) is 9.78 Å². The van der Waals surface area contributed by atoms with Crippen LogP contribution in [0, 0.1) is 0 Å². The average molecular weight is 349 g/mol. The molecule has 0 radical (unpaired) electrons. The second-order valence-corrected chi connectivity index (χ2v) is 5.65. The van der Waals surface area contributed by atoms with Gasteiger partial charge in [0.05, 0.1) is 5.69 Å². The standard InChI is InChI=1S/C15H17BrN4O/c1-10(14-7-13(16)5-6-17-14)18-8-12-3-4-15(19-9-12)20-11(2)21/h3-7,9-10,18H,8H2,1-2H3,(H,19,20,21). The molecule has 0 saturated heterocycles. The first-order valence-electron chi connectivity index (χ1n) is 6.62. The third-order valence-corrected chi connectivity index (χ3v) is 3.42. The van der Waals surface area contributed by atoms with Crippen LogP contribution in [0.15, 0.2) is 41.1 Å². The lowest BCUT2D eigenvalue weighted by Gasteiger charge is -2.13. The predicted molar refractivity (Wildman–Crippen MR) is 85.7 cm³/mol. The van der Waals surface area contributed by atoms with Gasteiger partial charge in [-0.05, 0) is 30.7 Å². The van der Waals surface area contributed by atoms with Gasteiger partial charge in [0.25, 0.3) is 0 Å². The molecule has 110 valence electrons. The molecular formula is C15H17BrN4O. The van der Waals surface area contributed by atoms with Crippen LogP contribution in [0.25, 0.3) is 0 Å². The molecule has 1 atom stereocenters. The first kappa shape index (κ1) is 15.6. The molecule has 0 spiro atoms. The Labute approximate surface area is 132 Å². The quantitative estimate of drug-likeness (QED) is 0.871. The van der Waals surface area contributed by atoms with Crippen molar-refractivity contribution in [3.8, 4) is 0 Å². The minimum atomic E-state index is -0.122. The minimum Gasteiger partial charge on any atom is -0.311 e. The van der Waals surface area contributed by atoms with E-state index in [2.05, 4.69) is 43.5 Å². The number of halogens is 1. The first-order chi connectivity index (χ1) is 10.0. The van der Waals surface area contributed by atoms with Gasteiger partial charge in [0, 0.05) is 36.4 Å². The number of aromatic nitrogens is 2. The first-order valence-corrected chi connectivity index (χ1v) is 7.41. The Bertz CT molecular complexity index is 615. The zero-order chi connectivity index (χ0) is 15.2. The Kier molecular flexibility index (Phi) is 5.41. The molecule has 1 amide bonds. The molecular weight excluding hydrogens is 332 g/mol. The highest BCUT2D eigenvalue weighted by atomic mass is 79.9. The van der Waals surface area contributed by atoms with Crippen LogP contribution in [-0.2, 0) is 11.3 Å². The van der Waals surface area contributed by atoms with E-state index in [-0.39, 0.29) is 11.9 Å². The molecule has 0 aliphatic heterocycles. The van der Waals surface area contributed by atoms with Crippen LogP contribution in [0.5, 0.6) is 0 Å². The fourth-order valence-corrected chi connectivity index (χ4v) is 2.17. The summed E-state index contributed by atoms with van der Waals surface area (Å²) in [6, 6.07) is 7.77. The van der Waals surface area contributed by atoms with Crippen molar-refractivity contribution in [1.82, 2.24) is 15.3 Å². The van der Waals surface area contributed by atoms with E-state index in [0.717, 1.165) is 15.7 Å². The fourth-order valence-electron chi connectivity index (χ4n) is 1.82. The monoisotopic (exact) mass is 348 g/mol. The van der Waals surface area contributed by atoms with Crippen molar-refractivity contribution in [3.63, 3.8) is 0 Å². The molecule has 2 rings (SSSR count). The number of hydrogen-bond acceptors (Lipinski definition) is 4. The van der Waals surface area contributed by atoms with Crippen LogP contribution in [0.4, 0.5) is 5.82 Å². The smallest absolute Gasteiger partial charge is 0.222 e. The maximum atomic E-state index is 10.9. The Morgan fingerprint density at radius 2 is 2.14 bits per heavy atom. The largest absolute Gasteiger partial charge is 0.311 e. The van der Waals surface area contributed by atoms with Crippen molar-refractivity contribution in [2.45, 2.75) is 26.4 Å². The van der Waals surface area contributed by atoms with Gasteiger partial charge in [-0.1, -0.05) is 22.0 Å². The summed E-state index contributed by atoms with van der Waals surface area (Å²) in [6.45, 7) is 4.21. The van der Waals surface area contributed by atoms with Crippen LogP contribution in [0.2, 0.25) is 0 Å².